The summed E-state index contributed by atoms with van der Waals surface area (Å²) < 4.78 is 0. The summed E-state index contributed by atoms with van der Waals surface area (Å²) >= 11 is 0. The van der Waals surface area contributed by atoms with Gasteiger partial charge in [0.05, 0.1) is 24.2 Å². The van der Waals surface area contributed by atoms with Gasteiger partial charge in [-0.1, -0.05) is 43.5 Å². The van der Waals surface area contributed by atoms with E-state index in [-0.39, 0.29) is 12.5 Å². The van der Waals surface area contributed by atoms with Gasteiger partial charge in [-0.05, 0) is 92.4 Å². The Hall–Kier alpha value is -2.27. The molecule has 5 fully saturated rings. The number of hydrogen-bond acceptors (Lipinski definition) is 4. The highest BCUT2D eigenvalue weighted by Crippen LogP contribution is 2.61. The van der Waals surface area contributed by atoms with E-state index in [4.69, 9.17) is 9.97 Å². The normalized spacial score (nSPS) is 29.9. The van der Waals surface area contributed by atoms with Gasteiger partial charge in [0.2, 0.25) is 5.91 Å². The predicted octanol–water partition coefficient (Wildman–Crippen LogP) is 6.30. The summed E-state index contributed by atoms with van der Waals surface area (Å²) in [7, 11) is 0. The van der Waals surface area contributed by atoms with E-state index in [0.29, 0.717) is 23.6 Å². The highest BCUT2D eigenvalue weighted by Gasteiger charge is 2.51. The summed E-state index contributed by atoms with van der Waals surface area (Å²) in [5.74, 6) is 3.93. The van der Waals surface area contributed by atoms with Crippen LogP contribution in [0.3, 0.4) is 0 Å². The molecule has 1 aromatic heterocycles. The molecule has 1 amide bonds. The first kappa shape index (κ1) is 23.1. The van der Waals surface area contributed by atoms with Crippen LogP contribution in [-0.4, -0.2) is 21.0 Å². The Balaban J connectivity index is 1.27. The summed E-state index contributed by atoms with van der Waals surface area (Å²) in [4.78, 5) is 22.9. The summed E-state index contributed by atoms with van der Waals surface area (Å²) in [5.41, 5.74) is 4.03. The molecule has 4 bridgehead atoms. The molecular formula is C30H39N3O2. The van der Waals surface area contributed by atoms with E-state index < -0.39 is 0 Å². The van der Waals surface area contributed by atoms with Crippen LogP contribution in [-0.2, 0) is 17.8 Å². The minimum Gasteiger partial charge on any atom is -0.392 e. The summed E-state index contributed by atoms with van der Waals surface area (Å²) in [5, 5.41) is 12.6. The van der Waals surface area contributed by atoms with Gasteiger partial charge >= 0.3 is 0 Å². The average molecular weight is 474 g/mol. The molecule has 35 heavy (non-hydrogen) atoms. The summed E-state index contributed by atoms with van der Waals surface area (Å²) in [6.45, 7) is 0.0369. The second-order valence-corrected chi connectivity index (χ2v) is 12.3. The lowest BCUT2D eigenvalue weighted by atomic mass is 9.48. The minimum atomic E-state index is 0.0369. The molecule has 1 aromatic carbocycles. The van der Waals surface area contributed by atoms with Gasteiger partial charge in [0, 0.05) is 12.0 Å². The van der Waals surface area contributed by atoms with Crippen LogP contribution >= 0.6 is 0 Å². The molecule has 0 spiro atoms. The molecule has 0 atom stereocenters. The van der Waals surface area contributed by atoms with Crippen molar-refractivity contribution in [3.8, 4) is 11.3 Å². The number of nitrogens with one attached hydrogen (secondary N) is 1. The highest BCUT2D eigenvalue weighted by molar-refractivity contribution is 5.90. The van der Waals surface area contributed by atoms with E-state index in [1.807, 2.05) is 24.3 Å². The summed E-state index contributed by atoms with van der Waals surface area (Å²) in [6, 6.07) is 7.89. The fourth-order valence-corrected chi connectivity index (χ4v) is 8.27. The van der Waals surface area contributed by atoms with Crippen LogP contribution in [0.2, 0.25) is 0 Å². The van der Waals surface area contributed by atoms with Gasteiger partial charge in [0.15, 0.2) is 5.82 Å². The molecule has 5 aliphatic rings. The third kappa shape index (κ3) is 5.02. The lowest BCUT2D eigenvalue weighted by Gasteiger charge is -2.57. The molecule has 186 valence electrons. The van der Waals surface area contributed by atoms with E-state index in [1.54, 1.807) is 6.20 Å². The van der Waals surface area contributed by atoms with Crippen LogP contribution in [0.4, 0.5) is 5.82 Å². The topological polar surface area (TPSA) is 75.1 Å². The van der Waals surface area contributed by atoms with Crippen molar-refractivity contribution in [2.24, 2.45) is 29.1 Å². The van der Waals surface area contributed by atoms with E-state index in [1.165, 1.54) is 70.6 Å². The number of carbonyl (C=O) groups excluding carboxylic acids is 1. The number of hydrogen-bond donors (Lipinski definition) is 2. The monoisotopic (exact) mass is 473 g/mol. The van der Waals surface area contributed by atoms with Gasteiger partial charge in [0.1, 0.15) is 0 Å². The molecule has 5 nitrogen and oxygen atoms in total. The van der Waals surface area contributed by atoms with Gasteiger partial charge in [0.25, 0.3) is 0 Å². The Bertz CT molecular complexity index is 1020. The molecule has 5 saturated carbocycles. The third-order valence-electron chi connectivity index (χ3n) is 9.44. The molecule has 7 rings (SSSR count). The van der Waals surface area contributed by atoms with Gasteiger partial charge in [-0.3, -0.25) is 4.79 Å². The number of aliphatic hydroxyl groups excluding tert-OH is 1. The van der Waals surface area contributed by atoms with Gasteiger partial charge in [-0.25, -0.2) is 9.97 Å². The van der Waals surface area contributed by atoms with Crippen molar-refractivity contribution < 1.29 is 9.90 Å². The van der Waals surface area contributed by atoms with Crippen LogP contribution in [0.25, 0.3) is 11.3 Å². The van der Waals surface area contributed by atoms with Gasteiger partial charge in [-0.2, -0.15) is 0 Å². The Kier molecular flexibility index (Phi) is 6.38. The Morgan fingerprint density at radius 3 is 2.26 bits per heavy atom. The first-order valence-electron chi connectivity index (χ1n) is 13.9. The Morgan fingerprint density at radius 2 is 1.63 bits per heavy atom. The second kappa shape index (κ2) is 9.65. The Labute approximate surface area is 209 Å². The maximum atomic E-state index is 13.0. The molecule has 0 unspecified atom stereocenters. The van der Waals surface area contributed by atoms with Gasteiger partial charge in [-0.15, -0.1) is 0 Å². The molecule has 2 N–H and O–H groups in total. The van der Waals surface area contributed by atoms with Crippen LogP contribution in [0.1, 0.15) is 88.3 Å². The summed E-state index contributed by atoms with van der Waals surface area (Å²) in [6.07, 6.45) is 17.7. The van der Waals surface area contributed by atoms with Crippen molar-refractivity contribution in [1.29, 1.82) is 0 Å². The molecule has 2 aromatic rings. The molecule has 5 aliphatic carbocycles. The standard InChI is InChI=1S/C30H39N3O2/c34-19-21-6-8-25(9-7-21)27-18-31-29(33-28(35)13-20-4-2-1-3-5-20)26(32-27)17-30-14-22-10-23(15-30)12-24(11-22)16-30/h6-9,18,20,22-24,34H,1-5,10-17,19H2,(H,31,33,35). The highest BCUT2D eigenvalue weighted by atomic mass is 16.3. The molecule has 0 saturated heterocycles. The Morgan fingerprint density at radius 1 is 0.971 bits per heavy atom. The average Bonchev–Trinajstić information content (AvgIpc) is 2.85. The van der Waals surface area contributed by atoms with Gasteiger partial charge < -0.3 is 10.4 Å². The number of nitrogens with zero attached hydrogens (tertiary/aromatic N) is 2. The van der Waals surface area contributed by atoms with E-state index in [0.717, 1.165) is 46.7 Å². The first-order chi connectivity index (χ1) is 17.1. The van der Waals surface area contributed by atoms with Crippen LogP contribution < -0.4 is 5.32 Å². The molecule has 0 aliphatic heterocycles. The molecule has 0 radical (unpaired) electrons. The SMILES string of the molecule is O=C(CC1CCCCC1)Nc1ncc(-c2ccc(CO)cc2)nc1CC12CC3CC(CC(C3)C1)C2. The van der Waals surface area contributed by atoms with Crippen LogP contribution in [0, 0.1) is 29.1 Å². The maximum absolute atomic E-state index is 13.0. The van der Waals surface area contributed by atoms with E-state index in [9.17, 15) is 9.90 Å². The zero-order valence-corrected chi connectivity index (χ0v) is 20.8. The number of aliphatic hydroxyl groups is 1. The fourth-order valence-electron chi connectivity index (χ4n) is 8.27. The van der Waals surface area contributed by atoms with Crippen molar-refractivity contribution in [1.82, 2.24) is 9.97 Å². The van der Waals surface area contributed by atoms with Crippen molar-refractivity contribution in [2.75, 3.05) is 5.32 Å². The van der Waals surface area contributed by atoms with Crippen LogP contribution in [0.5, 0.6) is 0 Å². The molecule has 1 heterocycles. The van der Waals surface area contributed by atoms with E-state index in [2.05, 4.69) is 5.32 Å². The first-order valence-corrected chi connectivity index (χ1v) is 13.9. The molecular weight excluding hydrogens is 434 g/mol. The zero-order chi connectivity index (χ0) is 23.8. The predicted molar refractivity (Wildman–Crippen MR) is 138 cm³/mol. The van der Waals surface area contributed by atoms with Crippen molar-refractivity contribution >= 4 is 11.7 Å². The van der Waals surface area contributed by atoms with Crippen molar-refractivity contribution in [3.05, 3.63) is 41.7 Å². The molecule has 5 heteroatoms. The second-order valence-electron chi connectivity index (χ2n) is 12.3. The number of aromatic nitrogens is 2. The minimum absolute atomic E-state index is 0.0369. The van der Waals surface area contributed by atoms with Crippen LogP contribution in [0.15, 0.2) is 30.5 Å². The largest absolute Gasteiger partial charge is 0.392 e. The third-order valence-corrected chi connectivity index (χ3v) is 9.44. The quantitative estimate of drug-likeness (QED) is 0.494. The smallest absolute Gasteiger partial charge is 0.225 e. The maximum Gasteiger partial charge on any atom is 0.225 e. The van der Waals surface area contributed by atoms with E-state index >= 15 is 0 Å². The number of amides is 1. The lowest BCUT2D eigenvalue weighted by Crippen LogP contribution is -2.47. The van der Waals surface area contributed by atoms with Crippen molar-refractivity contribution in [3.63, 3.8) is 0 Å². The number of anilines is 1. The number of benzene rings is 1. The zero-order valence-electron chi connectivity index (χ0n) is 20.8. The lowest BCUT2D eigenvalue weighted by molar-refractivity contribution is -0.117. The number of rotatable bonds is 7. The fraction of sp³-hybridized carbons (Fsp3) is 0.633. The van der Waals surface area contributed by atoms with Crippen molar-refractivity contribution in [2.45, 2.75) is 90.1 Å². The number of carbonyl (C=O) groups is 1.